The van der Waals surface area contributed by atoms with Crippen LogP contribution in [0.25, 0.3) is 0 Å². The van der Waals surface area contributed by atoms with E-state index in [4.69, 9.17) is 19.9 Å². The van der Waals surface area contributed by atoms with Gasteiger partial charge in [-0.15, -0.1) is 0 Å². The minimum Gasteiger partial charge on any atom is -0.443 e. The number of carbonyl (C=O) groups excluding carboxylic acids is 1. The molecule has 0 aliphatic carbocycles. The fraction of sp³-hybridized carbons (Fsp3) is 0.552. The first-order valence-electron chi connectivity index (χ1n) is 13.9. The Hall–Kier alpha value is -2.70. The van der Waals surface area contributed by atoms with E-state index >= 15 is 0 Å². The van der Waals surface area contributed by atoms with Crippen LogP contribution < -0.4 is 11.1 Å². The zero-order valence-electron chi connectivity index (χ0n) is 23.3. The Morgan fingerprint density at radius 1 is 1.15 bits per heavy atom. The Balaban J connectivity index is 1.52. The van der Waals surface area contributed by atoms with Crippen molar-refractivity contribution in [3.63, 3.8) is 0 Å². The van der Waals surface area contributed by atoms with Crippen LogP contribution in [0.2, 0.25) is 0 Å². The van der Waals surface area contributed by atoms with Gasteiger partial charge in [-0.25, -0.2) is 13.2 Å². The van der Waals surface area contributed by atoms with Crippen molar-refractivity contribution in [3.8, 4) is 0 Å². The predicted molar refractivity (Wildman–Crippen MR) is 151 cm³/mol. The molecule has 220 valence electrons. The molecule has 0 aromatic heterocycles. The van der Waals surface area contributed by atoms with Gasteiger partial charge in [-0.1, -0.05) is 44.2 Å². The van der Waals surface area contributed by atoms with Crippen molar-refractivity contribution < 1.29 is 32.5 Å². The summed E-state index contributed by atoms with van der Waals surface area (Å²) >= 11 is 0. The zero-order chi connectivity index (χ0) is 28.9. The van der Waals surface area contributed by atoms with E-state index < -0.39 is 40.7 Å². The number of hydrogen-bond donors (Lipinski definition) is 3. The molecule has 2 fully saturated rings. The van der Waals surface area contributed by atoms with E-state index in [-0.39, 0.29) is 42.3 Å². The van der Waals surface area contributed by atoms with Crippen LogP contribution in [0.4, 0.5) is 10.5 Å². The number of fused-ring (bicyclic) bond motifs is 1. The Morgan fingerprint density at radius 2 is 1.85 bits per heavy atom. The van der Waals surface area contributed by atoms with E-state index in [2.05, 4.69) is 5.32 Å². The summed E-state index contributed by atoms with van der Waals surface area (Å²) in [4.78, 5) is 13.2. The molecule has 4 N–H and O–H groups in total. The molecule has 40 heavy (non-hydrogen) atoms. The van der Waals surface area contributed by atoms with Gasteiger partial charge in [0.05, 0.1) is 23.1 Å². The van der Waals surface area contributed by atoms with Crippen LogP contribution >= 0.6 is 0 Å². The highest BCUT2D eigenvalue weighted by molar-refractivity contribution is 7.89. The number of hydrogen-bond acceptors (Lipinski definition) is 8. The van der Waals surface area contributed by atoms with Crippen LogP contribution in [0.15, 0.2) is 59.5 Å². The number of nitrogen functional groups attached to an aromatic ring is 1. The van der Waals surface area contributed by atoms with E-state index in [1.54, 1.807) is 0 Å². The number of nitrogens with one attached hydrogen (secondary N) is 1. The number of aliphatic hydroxyl groups excluding tert-OH is 1. The summed E-state index contributed by atoms with van der Waals surface area (Å²) in [6.07, 6.45) is -1.15. The van der Waals surface area contributed by atoms with Gasteiger partial charge in [0, 0.05) is 31.3 Å². The maximum atomic E-state index is 13.6. The normalized spacial score (nSPS) is 24.4. The van der Waals surface area contributed by atoms with Gasteiger partial charge in [-0.2, -0.15) is 4.31 Å². The topological polar surface area (TPSA) is 140 Å². The maximum Gasteiger partial charge on any atom is 0.407 e. The average molecular weight is 576 g/mol. The van der Waals surface area contributed by atoms with Gasteiger partial charge in [0.15, 0.2) is 6.29 Å². The molecule has 0 saturated carbocycles. The first-order valence-corrected chi connectivity index (χ1v) is 15.3. The molecule has 4 rings (SSSR count). The van der Waals surface area contributed by atoms with E-state index in [1.165, 1.54) is 28.6 Å². The second kappa shape index (κ2) is 13.3. The summed E-state index contributed by atoms with van der Waals surface area (Å²) in [5.41, 5.74) is 7.08. The number of sulfonamides is 1. The second-order valence-corrected chi connectivity index (χ2v) is 13.0. The summed E-state index contributed by atoms with van der Waals surface area (Å²) in [7, 11) is -3.94. The van der Waals surface area contributed by atoms with Crippen molar-refractivity contribution in [3.05, 3.63) is 60.2 Å². The lowest BCUT2D eigenvalue weighted by molar-refractivity contribution is -0.164. The van der Waals surface area contributed by atoms with Crippen molar-refractivity contribution in [1.29, 1.82) is 0 Å². The molecule has 10 nitrogen and oxygen atoms in total. The Labute approximate surface area is 236 Å². The molecule has 1 amide bonds. The first kappa shape index (κ1) is 30.3. The highest BCUT2D eigenvalue weighted by atomic mass is 32.2. The molecule has 0 spiro atoms. The summed E-state index contributed by atoms with van der Waals surface area (Å²) < 4.78 is 45.7. The number of aliphatic hydroxyl groups is 1. The predicted octanol–water partition coefficient (Wildman–Crippen LogP) is 3.15. The highest BCUT2D eigenvalue weighted by Crippen LogP contribution is 2.36. The minimum atomic E-state index is -3.94. The quantitative estimate of drug-likeness (QED) is 0.347. The van der Waals surface area contributed by atoms with Crippen LogP contribution in [0.1, 0.15) is 39.2 Å². The standard InChI is InChI=1S/C29H41N3O7S/c1-19(2)17-32(40(35,36)23-13-11-22(30)12-14-23)18-26(33)25(16-21-8-5-4-6-9-21)31-29(34)39-27-20(3)38-28-24(27)10-7-15-37-28/h4-6,8-9,11-14,19-20,24-28,33H,7,10,15-18,30H2,1-3H3,(H,31,34)/t20-,24-,25+,26-,27-,28+/m1/s1. The third kappa shape index (κ3) is 7.52. The van der Waals surface area contributed by atoms with Crippen LogP contribution in [0.5, 0.6) is 0 Å². The van der Waals surface area contributed by atoms with Gasteiger partial charge in [-0.05, 0) is 61.9 Å². The summed E-state index contributed by atoms with van der Waals surface area (Å²) in [5.74, 6) is -0.0608. The molecule has 2 saturated heterocycles. The maximum absolute atomic E-state index is 13.6. The average Bonchev–Trinajstić information content (AvgIpc) is 3.23. The van der Waals surface area contributed by atoms with Gasteiger partial charge in [-0.3, -0.25) is 0 Å². The molecule has 6 atom stereocenters. The van der Waals surface area contributed by atoms with E-state index in [1.807, 2.05) is 51.1 Å². The summed E-state index contributed by atoms with van der Waals surface area (Å²) in [6.45, 7) is 6.24. The van der Waals surface area contributed by atoms with Crippen molar-refractivity contribution in [2.75, 3.05) is 25.4 Å². The molecule has 0 unspecified atom stereocenters. The molecule has 0 radical (unpaired) electrons. The van der Waals surface area contributed by atoms with Crippen molar-refractivity contribution in [1.82, 2.24) is 9.62 Å². The molecule has 2 aromatic carbocycles. The van der Waals surface area contributed by atoms with Gasteiger partial charge in [0.1, 0.15) is 6.10 Å². The number of anilines is 1. The number of alkyl carbamates (subject to hydrolysis) is 1. The lowest BCUT2D eigenvalue weighted by Crippen LogP contribution is -2.52. The molecular formula is C29H41N3O7S. The van der Waals surface area contributed by atoms with Crippen molar-refractivity contribution in [2.45, 2.75) is 75.6 Å². The number of ether oxygens (including phenoxy) is 3. The summed E-state index contributed by atoms with van der Waals surface area (Å²) in [5, 5.41) is 14.2. The Bertz CT molecular complexity index is 1210. The number of nitrogens with zero attached hydrogens (tertiary/aromatic N) is 1. The lowest BCUT2D eigenvalue weighted by Gasteiger charge is -2.31. The van der Waals surface area contributed by atoms with Crippen molar-refractivity contribution in [2.24, 2.45) is 11.8 Å². The Kier molecular flexibility index (Phi) is 10.1. The van der Waals surface area contributed by atoms with Crippen LogP contribution in [-0.4, -0.2) is 74.3 Å². The smallest absolute Gasteiger partial charge is 0.407 e. The van der Waals surface area contributed by atoms with Gasteiger partial charge in [0.2, 0.25) is 10.0 Å². The molecule has 2 aromatic rings. The molecule has 0 bridgehead atoms. The second-order valence-electron chi connectivity index (χ2n) is 11.0. The number of benzene rings is 2. The van der Waals surface area contributed by atoms with Crippen molar-refractivity contribution >= 4 is 21.8 Å². The van der Waals surface area contributed by atoms with E-state index in [0.717, 1.165) is 18.4 Å². The fourth-order valence-corrected chi connectivity index (χ4v) is 6.94. The molecular weight excluding hydrogens is 534 g/mol. The molecule has 2 aliphatic heterocycles. The van der Waals surface area contributed by atoms with Crippen LogP contribution in [-0.2, 0) is 30.7 Å². The SMILES string of the molecule is CC(C)CN(C[C@@H](O)[C@H](Cc1ccccc1)NC(=O)O[C@H]1[C@H]2CCCO[C@H]2O[C@@H]1C)S(=O)(=O)c1ccc(N)cc1. The molecule has 2 heterocycles. The summed E-state index contributed by atoms with van der Waals surface area (Å²) in [6, 6.07) is 14.5. The van der Waals surface area contributed by atoms with E-state index in [9.17, 15) is 18.3 Å². The lowest BCUT2D eigenvalue weighted by atomic mass is 9.94. The number of nitrogens with two attached hydrogens (primary N) is 1. The van der Waals surface area contributed by atoms with Gasteiger partial charge >= 0.3 is 6.09 Å². The zero-order valence-corrected chi connectivity index (χ0v) is 24.1. The fourth-order valence-electron chi connectivity index (χ4n) is 5.32. The van der Waals surface area contributed by atoms with Gasteiger partial charge in [0.25, 0.3) is 0 Å². The number of carbonyl (C=O) groups is 1. The largest absolute Gasteiger partial charge is 0.443 e. The minimum absolute atomic E-state index is 0.00392. The van der Waals surface area contributed by atoms with E-state index in [0.29, 0.717) is 12.3 Å². The monoisotopic (exact) mass is 575 g/mol. The third-order valence-electron chi connectivity index (χ3n) is 7.33. The van der Waals surface area contributed by atoms with Gasteiger partial charge < -0.3 is 30.4 Å². The number of amides is 1. The number of rotatable bonds is 11. The molecule has 11 heteroatoms. The third-order valence-corrected chi connectivity index (χ3v) is 9.18. The van der Waals surface area contributed by atoms with Crippen LogP contribution in [0.3, 0.4) is 0 Å². The molecule has 2 aliphatic rings. The first-order chi connectivity index (χ1) is 19.0. The van der Waals surface area contributed by atoms with Crippen LogP contribution in [0, 0.1) is 11.8 Å². The Morgan fingerprint density at radius 3 is 2.52 bits per heavy atom. The highest BCUT2D eigenvalue weighted by Gasteiger charge is 2.47.